The number of carbonyl (C=O) groups excluding carboxylic acids is 1. The number of hydrogen-bond donors (Lipinski definition) is 1. The maximum absolute atomic E-state index is 12.8. The number of rotatable bonds is 4. The first kappa shape index (κ1) is 24.2. The molecule has 3 rings (SSSR count). The van der Waals surface area contributed by atoms with Crippen LogP contribution in [0.2, 0.25) is 5.15 Å². The number of aromatic nitrogens is 2. The molecular weight excluding hydrogens is 473 g/mol. The number of H-pyrrole nitrogens is 1. The van der Waals surface area contributed by atoms with Crippen molar-refractivity contribution in [1.82, 2.24) is 14.9 Å². The molecule has 160 valence electrons. The zero-order chi connectivity index (χ0) is 21.9. The Balaban J connectivity index is 0.00000145. The van der Waals surface area contributed by atoms with Gasteiger partial charge in [-0.2, -0.15) is 0 Å². The molecule has 0 saturated carbocycles. The van der Waals surface area contributed by atoms with Gasteiger partial charge < -0.3 is 9.72 Å². The summed E-state index contributed by atoms with van der Waals surface area (Å²) < 4.78 is 6.62. The van der Waals surface area contributed by atoms with E-state index in [0.717, 1.165) is 10.0 Å². The van der Waals surface area contributed by atoms with E-state index in [4.69, 9.17) is 16.3 Å². The first-order chi connectivity index (χ1) is 13.6. The third kappa shape index (κ3) is 6.19. The van der Waals surface area contributed by atoms with Crippen molar-refractivity contribution in [3.8, 4) is 11.3 Å². The van der Waals surface area contributed by atoms with Crippen LogP contribution in [0.25, 0.3) is 11.3 Å². The van der Waals surface area contributed by atoms with Gasteiger partial charge in [-0.3, -0.25) is 4.90 Å². The average molecular weight is 503 g/mol. The fourth-order valence-electron chi connectivity index (χ4n) is 2.97. The van der Waals surface area contributed by atoms with Gasteiger partial charge in [0.2, 0.25) is 0 Å². The highest BCUT2D eigenvalue weighted by Gasteiger charge is 2.49. The SMILES string of the molecule is CC.C[C@H]1C(N(Cc2nc(-c3ccc(Br)cc3)c(Cl)[nH]2)C(=O)OC(C)(C)C)P1C. The van der Waals surface area contributed by atoms with Crippen molar-refractivity contribution in [1.29, 1.82) is 0 Å². The molecule has 0 bridgehead atoms. The van der Waals surface area contributed by atoms with E-state index in [0.29, 0.717) is 28.9 Å². The summed E-state index contributed by atoms with van der Waals surface area (Å²) in [6.07, 6.45) is -0.302. The normalized spacial score (nSPS) is 20.5. The van der Waals surface area contributed by atoms with Gasteiger partial charge in [0.15, 0.2) is 0 Å². The minimum Gasteiger partial charge on any atom is -0.444 e. The number of benzene rings is 1. The van der Waals surface area contributed by atoms with Gasteiger partial charge in [0.25, 0.3) is 0 Å². The lowest BCUT2D eigenvalue weighted by atomic mass is 10.2. The Bertz CT molecular complexity index is 827. The van der Waals surface area contributed by atoms with E-state index in [1.165, 1.54) is 0 Å². The van der Waals surface area contributed by atoms with E-state index in [-0.39, 0.29) is 19.8 Å². The van der Waals surface area contributed by atoms with E-state index >= 15 is 0 Å². The molecule has 2 aromatic rings. The molecule has 5 nitrogen and oxygen atoms in total. The minimum absolute atomic E-state index is 0.208. The molecule has 8 heteroatoms. The summed E-state index contributed by atoms with van der Waals surface area (Å²) in [5.74, 6) is 0.876. The second-order valence-electron chi connectivity index (χ2n) is 7.78. The summed E-state index contributed by atoms with van der Waals surface area (Å²) in [6.45, 7) is 14.4. The van der Waals surface area contributed by atoms with Crippen molar-refractivity contribution in [2.45, 2.75) is 65.1 Å². The molecular formula is C21H30BrClN3O2P. The number of ether oxygens (including phenoxy) is 1. The molecule has 1 fully saturated rings. The molecule has 1 aliphatic rings. The molecule has 0 radical (unpaired) electrons. The number of amides is 1. The highest BCUT2D eigenvalue weighted by atomic mass is 79.9. The number of nitrogens with one attached hydrogen (secondary N) is 1. The number of aromatic amines is 1. The highest BCUT2D eigenvalue weighted by Crippen LogP contribution is 2.64. The van der Waals surface area contributed by atoms with Crippen molar-refractivity contribution in [3.05, 3.63) is 39.7 Å². The Morgan fingerprint density at radius 2 is 1.86 bits per heavy atom. The van der Waals surface area contributed by atoms with E-state index in [2.05, 4.69) is 39.5 Å². The fraction of sp³-hybridized carbons (Fsp3) is 0.524. The summed E-state index contributed by atoms with van der Waals surface area (Å²) in [6, 6.07) is 7.80. The van der Waals surface area contributed by atoms with Crippen LogP contribution in [-0.4, -0.2) is 44.7 Å². The molecule has 29 heavy (non-hydrogen) atoms. The van der Waals surface area contributed by atoms with Gasteiger partial charge in [-0.05, 0) is 39.6 Å². The number of imidazole rings is 1. The van der Waals surface area contributed by atoms with E-state index in [1.54, 1.807) is 4.90 Å². The maximum Gasteiger partial charge on any atom is 0.411 e. The molecule has 0 aliphatic carbocycles. The summed E-state index contributed by atoms with van der Waals surface area (Å²) >= 11 is 9.81. The lowest BCUT2D eigenvalue weighted by Crippen LogP contribution is -2.38. The van der Waals surface area contributed by atoms with Crippen molar-refractivity contribution in [3.63, 3.8) is 0 Å². The van der Waals surface area contributed by atoms with Gasteiger partial charge in [0.05, 0.1) is 12.3 Å². The maximum atomic E-state index is 12.8. The van der Waals surface area contributed by atoms with Crippen LogP contribution in [0.3, 0.4) is 0 Å². The number of carbonyl (C=O) groups is 1. The van der Waals surface area contributed by atoms with Crippen molar-refractivity contribution < 1.29 is 9.53 Å². The molecule has 1 saturated heterocycles. The van der Waals surface area contributed by atoms with Crippen LogP contribution in [0.1, 0.15) is 47.4 Å². The second-order valence-corrected chi connectivity index (χ2v) is 11.7. The van der Waals surface area contributed by atoms with Gasteiger partial charge in [-0.15, -0.1) is 0 Å². The van der Waals surface area contributed by atoms with Crippen LogP contribution in [0.5, 0.6) is 0 Å². The summed E-state index contributed by atoms with van der Waals surface area (Å²) in [5, 5.41) is 0.471. The monoisotopic (exact) mass is 501 g/mol. The molecule has 1 N–H and O–H groups in total. The fourth-order valence-corrected chi connectivity index (χ4v) is 5.62. The molecule has 1 aliphatic heterocycles. The van der Waals surface area contributed by atoms with Gasteiger partial charge >= 0.3 is 6.09 Å². The Morgan fingerprint density at radius 1 is 1.31 bits per heavy atom. The number of hydrogen-bond acceptors (Lipinski definition) is 3. The predicted molar refractivity (Wildman–Crippen MR) is 126 cm³/mol. The Labute approximate surface area is 188 Å². The smallest absolute Gasteiger partial charge is 0.411 e. The van der Waals surface area contributed by atoms with Gasteiger partial charge in [-0.25, -0.2) is 9.78 Å². The summed E-state index contributed by atoms with van der Waals surface area (Å²) in [7, 11) is -0.208. The number of nitrogens with zero attached hydrogens (tertiary/aromatic N) is 2. The third-order valence-electron chi connectivity index (χ3n) is 4.50. The third-order valence-corrected chi connectivity index (χ3v) is 8.08. The lowest BCUT2D eigenvalue weighted by molar-refractivity contribution is 0.0225. The summed E-state index contributed by atoms with van der Waals surface area (Å²) in [4.78, 5) is 22.3. The van der Waals surface area contributed by atoms with E-state index < -0.39 is 5.60 Å². The van der Waals surface area contributed by atoms with Crippen molar-refractivity contribution in [2.24, 2.45) is 0 Å². The number of halogens is 2. The van der Waals surface area contributed by atoms with Gasteiger partial charge in [-0.1, -0.05) is 68.4 Å². The minimum atomic E-state index is -0.534. The Kier molecular flexibility index (Phi) is 8.17. The largest absolute Gasteiger partial charge is 0.444 e. The highest BCUT2D eigenvalue weighted by molar-refractivity contribution is 9.10. The molecule has 3 atom stereocenters. The van der Waals surface area contributed by atoms with Crippen LogP contribution in [0, 0.1) is 0 Å². The van der Waals surface area contributed by atoms with E-state index in [9.17, 15) is 4.79 Å². The molecule has 0 spiro atoms. The van der Waals surface area contributed by atoms with Crippen LogP contribution >= 0.6 is 35.5 Å². The summed E-state index contributed by atoms with van der Waals surface area (Å²) in [5.41, 5.74) is 1.58. The first-order valence-electron chi connectivity index (χ1n) is 9.78. The Hall–Kier alpha value is -1.10. The topological polar surface area (TPSA) is 58.2 Å². The lowest BCUT2D eigenvalue weighted by Gasteiger charge is -2.27. The molecule has 1 amide bonds. The predicted octanol–water partition coefficient (Wildman–Crippen LogP) is 7.10. The molecule has 1 aromatic carbocycles. The van der Waals surface area contributed by atoms with Crippen LogP contribution in [0.15, 0.2) is 28.7 Å². The van der Waals surface area contributed by atoms with Crippen molar-refractivity contribution >= 4 is 41.5 Å². The Morgan fingerprint density at radius 3 is 2.34 bits per heavy atom. The average Bonchev–Trinajstić information content (AvgIpc) is 3.05. The molecule has 1 aromatic heterocycles. The van der Waals surface area contributed by atoms with Gasteiger partial charge in [0.1, 0.15) is 22.3 Å². The van der Waals surface area contributed by atoms with Crippen LogP contribution in [0.4, 0.5) is 4.79 Å². The van der Waals surface area contributed by atoms with Gasteiger partial charge in [0, 0.05) is 15.7 Å². The quantitative estimate of drug-likeness (QED) is 0.454. The zero-order valence-electron chi connectivity index (χ0n) is 18.1. The zero-order valence-corrected chi connectivity index (χ0v) is 21.3. The standard InChI is InChI=1S/C19H24BrClN3O2P.C2H6/c1-11-17(27(11)5)24(18(25)26-19(2,3)4)10-14-22-15(16(21)23-14)12-6-8-13(20)9-7-12;1-2/h6-9,11,17H,10H2,1-5H3,(H,22,23);1-2H3/t11-,17?,27?;/m0./s1. The van der Waals surface area contributed by atoms with E-state index in [1.807, 2.05) is 58.9 Å². The first-order valence-corrected chi connectivity index (χ1v) is 12.9. The second kappa shape index (κ2) is 9.80. The molecule has 2 heterocycles. The van der Waals surface area contributed by atoms with Crippen LogP contribution < -0.4 is 0 Å². The van der Waals surface area contributed by atoms with Crippen LogP contribution in [-0.2, 0) is 11.3 Å². The molecule has 2 unspecified atom stereocenters. The van der Waals surface area contributed by atoms with Crippen molar-refractivity contribution in [2.75, 3.05) is 6.66 Å².